The van der Waals surface area contributed by atoms with Crippen LogP contribution in [0.15, 0.2) is 17.5 Å². The topological polar surface area (TPSA) is 49.3 Å². The summed E-state index contributed by atoms with van der Waals surface area (Å²) in [4.78, 5) is 11.7. The number of nitrogens with one attached hydrogen (secondary N) is 1. The molecular weight excluding hydrogens is 186 g/mol. The van der Waals surface area contributed by atoms with Crippen LogP contribution in [0.25, 0.3) is 0 Å². The zero-order chi connectivity index (χ0) is 9.68. The van der Waals surface area contributed by atoms with E-state index in [4.69, 9.17) is 5.11 Å². The first kappa shape index (κ1) is 10.2. The third-order valence-corrected chi connectivity index (χ3v) is 2.71. The second kappa shape index (κ2) is 4.99. The van der Waals surface area contributed by atoms with Gasteiger partial charge >= 0.3 is 5.97 Å². The lowest BCUT2D eigenvalue weighted by atomic mass is 10.3. The van der Waals surface area contributed by atoms with Crippen molar-refractivity contribution in [3.8, 4) is 0 Å². The van der Waals surface area contributed by atoms with Gasteiger partial charge in [-0.1, -0.05) is 6.07 Å². The molecule has 0 saturated heterocycles. The minimum absolute atomic E-state index is 0.458. The smallest absolute Gasteiger partial charge is 0.320 e. The third-order valence-electron chi connectivity index (χ3n) is 1.77. The SMILES string of the molecule is C[C@H](NCCc1cccs1)C(=O)O. The molecular formula is C9H13NO2S. The molecule has 0 spiro atoms. The zero-order valence-electron chi connectivity index (χ0n) is 7.49. The van der Waals surface area contributed by atoms with Crippen molar-refractivity contribution in [3.05, 3.63) is 22.4 Å². The van der Waals surface area contributed by atoms with Gasteiger partial charge in [0.15, 0.2) is 0 Å². The van der Waals surface area contributed by atoms with Gasteiger partial charge in [0.1, 0.15) is 6.04 Å². The average Bonchev–Trinajstić information content (AvgIpc) is 2.56. The number of hydrogen-bond acceptors (Lipinski definition) is 3. The minimum Gasteiger partial charge on any atom is -0.480 e. The first-order chi connectivity index (χ1) is 6.20. The Bertz CT molecular complexity index is 259. The number of carbonyl (C=O) groups is 1. The Labute approximate surface area is 81.4 Å². The molecule has 1 aromatic heterocycles. The Morgan fingerprint density at radius 1 is 1.77 bits per heavy atom. The van der Waals surface area contributed by atoms with Crippen molar-refractivity contribution in [2.45, 2.75) is 19.4 Å². The fraction of sp³-hybridized carbons (Fsp3) is 0.444. The van der Waals surface area contributed by atoms with E-state index in [2.05, 4.69) is 11.4 Å². The van der Waals surface area contributed by atoms with E-state index >= 15 is 0 Å². The van der Waals surface area contributed by atoms with Crippen molar-refractivity contribution >= 4 is 17.3 Å². The predicted molar refractivity (Wildman–Crippen MR) is 53.1 cm³/mol. The maximum absolute atomic E-state index is 10.4. The molecule has 0 saturated carbocycles. The quantitative estimate of drug-likeness (QED) is 0.752. The molecule has 1 heterocycles. The second-order valence-corrected chi connectivity index (χ2v) is 3.88. The summed E-state index contributed by atoms with van der Waals surface area (Å²) in [6.45, 7) is 2.37. The van der Waals surface area contributed by atoms with Crippen LogP contribution in [-0.2, 0) is 11.2 Å². The maximum Gasteiger partial charge on any atom is 0.320 e. The van der Waals surface area contributed by atoms with Gasteiger partial charge in [-0.2, -0.15) is 0 Å². The van der Waals surface area contributed by atoms with Crippen LogP contribution in [0.2, 0.25) is 0 Å². The molecule has 3 nitrogen and oxygen atoms in total. The molecule has 0 aliphatic carbocycles. The molecule has 0 fully saturated rings. The Balaban J connectivity index is 2.18. The number of aliphatic carboxylic acids is 1. The van der Waals surface area contributed by atoms with Crippen LogP contribution in [0.5, 0.6) is 0 Å². The van der Waals surface area contributed by atoms with E-state index < -0.39 is 12.0 Å². The standard InChI is InChI=1S/C9H13NO2S/c1-7(9(11)12)10-5-4-8-3-2-6-13-8/h2-3,6-7,10H,4-5H2,1H3,(H,11,12)/t7-/m0/s1. The van der Waals surface area contributed by atoms with Crippen LogP contribution in [0.1, 0.15) is 11.8 Å². The summed E-state index contributed by atoms with van der Waals surface area (Å²) in [6.07, 6.45) is 0.898. The molecule has 1 aromatic rings. The highest BCUT2D eigenvalue weighted by atomic mass is 32.1. The number of carboxylic acid groups (broad SMARTS) is 1. The van der Waals surface area contributed by atoms with Gasteiger partial charge in [-0.05, 0) is 24.8 Å². The monoisotopic (exact) mass is 199 g/mol. The number of rotatable bonds is 5. The van der Waals surface area contributed by atoms with Crippen LogP contribution in [0.3, 0.4) is 0 Å². The zero-order valence-corrected chi connectivity index (χ0v) is 8.30. The van der Waals surface area contributed by atoms with Gasteiger partial charge in [0.2, 0.25) is 0 Å². The summed E-state index contributed by atoms with van der Waals surface area (Å²) in [7, 11) is 0. The summed E-state index contributed by atoms with van der Waals surface area (Å²) in [5, 5.41) is 13.5. The van der Waals surface area contributed by atoms with Crippen molar-refractivity contribution in [3.63, 3.8) is 0 Å². The number of hydrogen-bond donors (Lipinski definition) is 2. The third kappa shape index (κ3) is 3.57. The first-order valence-corrected chi connectivity index (χ1v) is 5.06. The lowest BCUT2D eigenvalue weighted by Crippen LogP contribution is -2.34. The first-order valence-electron chi connectivity index (χ1n) is 4.18. The molecule has 1 atom stereocenters. The lowest BCUT2D eigenvalue weighted by molar-refractivity contribution is -0.138. The van der Waals surface area contributed by atoms with Gasteiger partial charge in [-0.25, -0.2) is 0 Å². The van der Waals surface area contributed by atoms with Crippen molar-refractivity contribution in [2.24, 2.45) is 0 Å². The predicted octanol–water partition coefficient (Wildman–Crippen LogP) is 1.35. The van der Waals surface area contributed by atoms with Crippen LogP contribution < -0.4 is 5.32 Å². The van der Waals surface area contributed by atoms with Crippen LogP contribution >= 0.6 is 11.3 Å². The second-order valence-electron chi connectivity index (χ2n) is 2.84. The molecule has 0 radical (unpaired) electrons. The van der Waals surface area contributed by atoms with Crippen molar-refractivity contribution < 1.29 is 9.90 Å². The molecule has 0 amide bonds. The molecule has 0 unspecified atom stereocenters. The van der Waals surface area contributed by atoms with Gasteiger partial charge < -0.3 is 10.4 Å². The molecule has 2 N–H and O–H groups in total. The van der Waals surface area contributed by atoms with Gasteiger partial charge in [0.05, 0.1) is 0 Å². The Kier molecular flexibility index (Phi) is 3.92. The normalized spacial score (nSPS) is 12.7. The molecule has 0 aliphatic rings. The molecule has 4 heteroatoms. The summed E-state index contributed by atoms with van der Waals surface area (Å²) < 4.78 is 0. The molecule has 13 heavy (non-hydrogen) atoms. The fourth-order valence-corrected chi connectivity index (χ4v) is 1.66. The lowest BCUT2D eigenvalue weighted by Gasteiger charge is -2.07. The van der Waals surface area contributed by atoms with Crippen LogP contribution in [-0.4, -0.2) is 23.7 Å². The van der Waals surface area contributed by atoms with E-state index in [-0.39, 0.29) is 0 Å². The summed E-state index contributed by atoms with van der Waals surface area (Å²) >= 11 is 1.70. The summed E-state index contributed by atoms with van der Waals surface area (Å²) in [5.41, 5.74) is 0. The Hall–Kier alpha value is -0.870. The maximum atomic E-state index is 10.4. The summed E-state index contributed by atoms with van der Waals surface area (Å²) in [5.74, 6) is -0.800. The minimum atomic E-state index is -0.800. The largest absolute Gasteiger partial charge is 0.480 e. The van der Waals surface area contributed by atoms with E-state index in [1.54, 1.807) is 18.3 Å². The molecule has 0 aliphatic heterocycles. The Morgan fingerprint density at radius 2 is 2.54 bits per heavy atom. The van der Waals surface area contributed by atoms with E-state index in [0.29, 0.717) is 6.54 Å². The molecule has 1 rings (SSSR count). The van der Waals surface area contributed by atoms with E-state index in [9.17, 15) is 4.79 Å². The van der Waals surface area contributed by atoms with Gasteiger partial charge in [-0.15, -0.1) is 11.3 Å². The molecule has 0 aromatic carbocycles. The van der Waals surface area contributed by atoms with Crippen LogP contribution in [0, 0.1) is 0 Å². The van der Waals surface area contributed by atoms with Crippen molar-refractivity contribution in [2.75, 3.05) is 6.54 Å². The Morgan fingerprint density at radius 3 is 3.08 bits per heavy atom. The van der Waals surface area contributed by atoms with Crippen molar-refractivity contribution in [1.82, 2.24) is 5.32 Å². The highest BCUT2D eigenvalue weighted by molar-refractivity contribution is 7.09. The van der Waals surface area contributed by atoms with Gasteiger partial charge in [0.25, 0.3) is 0 Å². The summed E-state index contributed by atoms with van der Waals surface area (Å²) in [6, 6.07) is 3.60. The van der Waals surface area contributed by atoms with E-state index in [1.165, 1.54) is 4.88 Å². The van der Waals surface area contributed by atoms with Crippen molar-refractivity contribution in [1.29, 1.82) is 0 Å². The molecule has 0 bridgehead atoms. The number of thiophene rings is 1. The van der Waals surface area contributed by atoms with Gasteiger partial charge in [0, 0.05) is 11.4 Å². The fourth-order valence-electron chi connectivity index (χ4n) is 0.954. The van der Waals surface area contributed by atoms with Crippen LogP contribution in [0.4, 0.5) is 0 Å². The van der Waals surface area contributed by atoms with Gasteiger partial charge in [-0.3, -0.25) is 4.79 Å². The van der Waals surface area contributed by atoms with E-state index in [1.807, 2.05) is 11.4 Å². The average molecular weight is 199 g/mol. The highest BCUT2D eigenvalue weighted by Gasteiger charge is 2.08. The highest BCUT2D eigenvalue weighted by Crippen LogP contribution is 2.08. The van der Waals surface area contributed by atoms with E-state index in [0.717, 1.165) is 6.42 Å². The number of carboxylic acids is 1. The molecule has 72 valence electrons.